The van der Waals surface area contributed by atoms with Crippen LogP contribution in [0.15, 0.2) is 23.7 Å². The van der Waals surface area contributed by atoms with Crippen molar-refractivity contribution in [3.05, 3.63) is 18.7 Å². The van der Waals surface area contributed by atoms with E-state index in [2.05, 4.69) is 25.9 Å². The number of nitrogens with one attached hydrogen (secondary N) is 3. The second-order valence-electron chi connectivity index (χ2n) is 6.27. The Kier molecular flexibility index (Phi) is 12.0. The van der Waals surface area contributed by atoms with Gasteiger partial charge in [-0.1, -0.05) is 0 Å². The molecule has 0 saturated heterocycles. The molecule has 8 nitrogen and oxygen atoms in total. The minimum atomic E-state index is -0.483. The Labute approximate surface area is 167 Å². The van der Waals surface area contributed by atoms with Gasteiger partial charge in [0.25, 0.3) is 0 Å². The Bertz CT molecular complexity index is 499. The van der Waals surface area contributed by atoms with Gasteiger partial charge in [-0.25, -0.2) is 9.78 Å². The summed E-state index contributed by atoms with van der Waals surface area (Å²) in [4.78, 5) is 20.1. The molecule has 0 spiro atoms. The Morgan fingerprint density at radius 1 is 1.24 bits per heavy atom. The van der Waals surface area contributed by atoms with Crippen molar-refractivity contribution in [1.29, 1.82) is 0 Å². The molecule has 1 aromatic rings. The number of rotatable bonds is 8. The molecule has 3 N–H and O–H groups in total. The molecule has 0 saturated carbocycles. The molecule has 25 heavy (non-hydrogen) atoms. The van der Waals surface area contributed by atoms with Crippen molar-refractivity contribution in [3.63, 3.8) is 0 Å². The predicted octanol–water partition coefficient (Wildman–Crippen LogP) is 1.97. The molecule has 0 bridgehead atoms. The molecule has 0 radical (unpaired) electrons. The molecular formula is C16H31IN6O2. The number of guanidine groups is 1. The average Bonchev–Trinajstić information content (AvgIpc) is 2.99. The minimum Gasteiger partial charge on any atom is -0.444 e. The van der Waals surface area contributed by atoms with E-state index in [4.69, 9.17) is 4.74 Å². The molecule has 1 rings (SSSR count). The van der Waals surface area contributed by atoms with E-state index in [1.54, 1.807) is 12.5 Å². The van der Waals surface area contributed by atoms with E-state index >= 15 is 0 Å². The third-order valence-corrected chi connectivity index (χ3v) is 2.83. The Morgan fingerprint density at radius 2 is 1.96 bits per heavy atom. The molecular weight excluding hydrogens is 435 g/mol. The molecule has 0 fully saturated rings. The molecule has 9 heteroatoms. The number of imidazole rings is 1. The first-order valence-electron chi connectivity index (χ1n) is 8.35. The van der Waals surface area contributed by atoms with E-state index < -0.39 is 11.7 Å². The van der Waals surface area contributed by atoms with Gasteiger partial charge in [0, 0.05) is 45.1 Å². The number of carbonyl (C=O) groups is 1. The smallest absolute Gasteiger partial charge is 0.407 e. The molecule has 1 amide bonds. The molecule has 1 aromatic heterocycles. The highest BCUT2D eigenvalue weighted by atomic mass is 127. The highest BCUT2D eigenvalue weighted by Crippen LogP contribution is 2.05. The predicted molar refractivity (Wildman–Crippen MR) is 110 cm³/mol. The van der Waals surface area contributed by atoms with E-state index in [1.165, 1.54) is 0 Å². The lowest BCUT2D eigenvalue weighted by atomic mass is 10.2. The molecule has 0 aliphatic carbocycles. The number of nitrogens with zero attached hydrogens (tertiary/aromatic N) is 3. The van der Waals surface area contributed by atoms with Gasteiger partial charge in [-0.2, -0.15) is 0 Å². The first kappa shape index (κ1) is 23.5. The Morgan fingerprint density at radius 3 is 2.56 bits per heavy atom. The third-order valence-electron chi connectivity index (χ3n) is 2.83. The molecule has 0 aliphatic heterocycles. The summed E-state index contributed by atoms with van der Waals surface area (Å²) in [5, 5.41) is 9.07. The van der Waals surface area contributed by atoms with Crippen LogP contribution in [0.1, 0.15) is 34.1 Å². The second kappa shape index (κ2) is 12.8. The van der Waals surface area contributed by atoms with Crippen molar-refractivity contribution < 1.29 is 9.53 Å². The van der Waals surface area contributed by atoms with Crippen molar-refractivity contribution in [1.82, 2.24) is 25.5 Å². The number of amides is 1. The molecule has 0 unspecified atom stereocenters. The van der Waals surface area contributed by atoms with Crippen LogP contribution in [-0.4, -0.2) is 53.4 Å². The Hall–Kier alpha value is -1.52. The summed E-state index contributed by atoms with van der Waals surface area (Å²) < 4.78 is 7.20. The maximum Gasteiger partial charge on any atom is 0.407 e. The lowest BCUT2D eigenvalue weighted by molar-refractivity contribution is 0.0529. The largest absolute Gasteiger partial charge is 0.444 e. The lowest BCUT2D eigenvalue weighted by Crippen LogP contribution is -2.42. The van der Waals surface area contributed by atoms with Gasteiger partial charge in [0.05, 0.1) is 6.33 Å². The van der Waals surface area contributed by atoms with Crippen molar-refractivity contribution in [2.75, 3.05) is 26.2 Å². The summed E-state index contributed by atoms with van der Waals surface area (Å²) in [6.07, 6.45) is 6.03. The second-order valence-corrected chi connectivity index (χ2v) is 6.27. The molecule has 0 aromatic carbocycles. The zero-order valence-electron chi connectivity index (χ0n) is 15.5. The molecule has 144 valence electrons. The first-order chi connectivity index (χ1) is 11.4. The fourth-order valence-electron chi connectivity index (χ4n) is 1.86. The standard InChI is InChI=1S/C16H30N6O2.HI/c1-5-18-14(19-7-6-11-22-12-10-17-13-22)20-8-9-21-15(23)24-16(2,3)4;/h10,12-13H,5-9,11H2,1-4H3,(H,21,23)(H2,18,19,20);1H. The van der Waals surface area contributed by atoms with Crippen LogP contribution in [0.5, 0.6) is 0 Å². The SMILES string of the molecule is CCNC(=NCCCn1ccnc1)NCCNC(=O)OC(C)(C)C.I. The van der Waals surface area contributed by atoms with Gasteiger partial charge in [0.15, 0.2) is 5.96 Å². The average molecular weight is 466 g/mol. The van der Waals surface area contributed by atoms with E-state index in [0.29, 0.717) is 19.6 Å². The summed E-state index contributed by atoms with van der Waals surface area (Å²) in [7, 11) is 0. The van der Waals surface area contributed by atoms with E-state index in [-0.39, 0.29) is 24.0 Å². The summed E-state index contributed by atoms with van der Waals surface area (Å²) >= 11 is 0. The third kappa shape index (κ3) is 12.5. The van der Waals surface area contributed by atoms with Crippen LogP contribution < -0.4 is 16.0 Å². The van der Waals surface area contributed by atoms with Crippen molar-refractivity contribution in [2.45, 2.75) is 46.3 Å². The van der Waals surface area contributed by atoms with Gasteiger partial charge >= 0.3 is 6.09 Å². The van der Waals surface area contributed by atoms with Crippen LogP contribution in [0.4, 0.5) is 4.79 Å². The minimum absolute atomic E-state index is 0. The highest BCUT2D eigenvalue weighted by Gasteiger charge is 2.15. The van der Waals surface area contributed by atoms with Gasteiger partial charge < -0.3 is 25.3 Å². The van der Waals surface area contributed by atoms with Crippen LogP contribution in [-0.2, 0) is 11.3 Å². The van der Waals surface area contributed by atoms with Crippen LogP contribution in [0.25, 0.3) is 0 Å². The van der Waals surface area contributed by atoms with Gasteiger partial charge in [-0.15, -0.1) is 24.0 Å². The van der Waals surface area contributed by atoms with Crippen LogP contribution in [0, 0.1) is 0 Å². The van der Waals surface area contributed by atoms with E-state index in [1.807, 2.05) is 38.5 Å². The number of hydrogen-bond acceptors (Lipinski definition) is 4. The summed E-state index contributed by atoms with van der Waals surface area (Å²) in [6.45, 7) is 11.0. The maximum atomic E-state index is 11.5. The summed E-state index contributed by atoms with van der Waals surface area (Å²) in [5.74, 6) is 0.745. The number of halogens is 1. The van der Waals surface area contributed by atoms with Crippen LogP contribution >= 0.6 is 24.0 Å². The van der Waals surface area contributed by atoms with Crippen LogP contribution in [0.2, 0.25) is 0 Å². The van der Waals surface area contributed by atoms with Crippen LogP contribution in [0.3, 0.4) is 0 Å². The zero-order chi connectivity index (χ0) is 17.8. The van der Waals surface area contributed by atoms with E-state index in [0.717, 1.165) is 25.5 Å². The number of ether oxygens (including phenoxy) is 1. The van der Waals surface area contributed by atoms with Gasteiger partial charge in [0.2, 0.25) is 0 Å². The van der Waals surface area contributed by atoms with E-state index in [9.17, 15) is 4.79 Å². The lowest BCUT2D eigenvalue weighted by Gasteiger charge is -2.19. The molecule has 1 heterocycles. The fourth-order valence-corrected chi connectivity index (χ4v) is 1.86. The number of alkyl carbamates (subject to hydrolysis) is 1. The molecule has 0 aliphatic rings. The summed E-state index contributed by atoms with van der Waals surface area (Å²) in [6, 6.07) is 0. The molecule has 0 atom stereocenters. The normalized spacial score (nSPS) is 11.4. The Balaban J connectivity index is 0.00000576. The van der Waals surface area contributed by atoms with Gasteiger partial charge in [-0.3, -0.25) is 4.99 Å². The first-order valence-corrected chi connectivity index (χ1v) is 8.35. The fraction of sp³-hybridized carbons (Fsp3) is 0.688. The monoisotopic (exact) mass is 466 g/mol. The van der Waals surface area contributed by atoms with Crippen molar-refractivity contribution in [3.8, 4) is 0 Å². The van der Waals surface area contributed by atoms with Gasteiger partial charge in [-0.05, 0) is 34.1 Å². The van der Waals surface area contributed by atoms with Crippen molar-refractivity contribution >= 4 is 36.0 Å². The maximum absolute atomic E-state index is 11.5. The quantitative estimate of drug-likeness (QED) is 0.236. The topological polar surface area (TPSA) is 92.6 Å². The number of hydrogen-bond donors (Lipinski definition) is 3. The summed E-state index contributed by atoms with van der Waals surface area (Å²) in [5.41, 5.74) is -0.483. The number of aliphatic imine (C=N–C) groups is 1. The number of aromatic nitrogens is 2. The number of carbonyl (C=O) groups excluding carboxylic acids is 1. The number of aryl methyl sites for hydroxylation is 1. The van der Waals surface area contributed by atoms with Crippen molar-refractivity contribution in [2.24, 2.45) is 4.99 Å². The zero-order valence-corrected chi connectivity index (χ0v) is 17.9. The van der Waals surface area contributed by atoms with Gasteiger partial charge in [0.1, 0.15) is 5.60 Å². The highest BCUT2D eigenvalue weighted by molar-refractivity contribution is 14.0.